The van der Waals surface area contributed by atoms with Crippen molar-refractivity contribution >= 4 is 17.6 Å². The van der Waals surface area contributed by atoms with Crippen LogP contribution in [0.25, 0.3) is 0 Å². The molecule has 2 rings (SSSR count). The molecule has 0 atom stereocenters. The molecule has 0 bridgehead atoms. The summed E-state index contributed by atoms with van der Waals surface area (Å²) in [6, 6.07) is 7.29. The summed E-state index contributed by atoms with van der Waals surface area (Å²) in [6.07, 6.45) is 1.30. The zero-order valence-corrected chi connectivity index (χ0v) is 10.6. The SMILES string of the molecule is Cc1cc(=O)c(C(=O)Nc2ccccc2C(=O)O)c[nH]1. The van der Waals surface area contributed by atoms with Crippen molar-refractivity contribution in [3.63, 3.8) is 0 Å². The Balaban J connectivity index is 2.33. The van der Waals surface area contributed by atoms with Crippen molar-refractivity contribution in [3.05, 3.63) is 63.6 Å². The number of H-pyrrole nitrogens is 1. The number of aryl methyl sites for hydroxylation is 1. The topological polar surface area (TPSA) is 99.3 Å². The van der Waals surface area contributed by atoms with Crippen LogP contribution in [0.4, 0.5) is 5.69 Å². The van der Waals surface area contributed by atoms with Crippen molar-refractivity contribution in [1.82, 2.24) is 4.98 Å². The van der Waals surface area contributed by atoms with Crippen LogP contribution < -0.4 is 10.7 Å². The summed E-state index contributed by atoms with van der Waals surface area (Å²) in [5.74, 6) is -1.81. The molecule has 6 heteroatoms. The lowest BCUT2D eigenvalue weighted by atomic mass is 10.1. The molecule has 102 valence electrons. The van der Waals surface area contributed by atoms with E-state index in [1.54, 1.807) is 19.1 Å². The minimum Gasteiger partial charge on any atom is -0.478 e. The maximum absolute atomic E-state index is 12.0. The van der Waals surface area contributed by atoms with Crippen LogP contribution in [-0.2, 0) is 0 Å². The van der Waals surface area contributed by atoms with Gasteiger partial charge in [0.05, 0.1) is 11.3 Å². The highest BCUT2D eigenvalue weighted by molar-refractivity contribution is 6.07. The molecular formula is C14H12N2O4. The molecule has 0 aliphatic heterocycles. The summed E-state index contributed by atoms with van der Waals surface area (Å²) >= 11 is 0. The number of hydrogen-bond donors (Lipinski definition) is 3. The van der Waals surface area contributed by atoms with E-state index >= 15 is 0 Å². The van der Waals surface area contributed by atoms with Gasteiger partial charge >= 0.3 is 5.97 Å². The number of hydrogen-bond acceptors (Lipinski definition) is 3. The number of carbonyl (C=O) groups excluding carboxylic acids is 1. The number of carboxylic acids is 1. The molecule has 1 aromatic carbocycles. The van der Waals surface area contributed by atoms with Crippen molar-refractivity contribution < 1.29 is 14.7 Å². The molecule has 2 aromatic rings. The van der Waals surface area contributed by atoms with E-state index < -0.39 is 17.3 Å². The maximum atomic E-state index is 12.0. The van der Waals surface area contributed by atoms with Gasteiger partial charge in [-0.3, -0.25) is 9.59 Å². The van der Waals surface area contributed by atoms with Crippen LogP contribution in [0.3, 0.4) is 0 Å². The molecule has 0 saturated carbocycles. The molecule has 1 aromatic heterocycles. The van der Waals surface area contributed by atoms with Gasteiger partial charge in [0.2, 0.25) is 0 Å². The highest BCUT2D eigenvalue weighted by Gasteiger charge is 2.15. The summed E-state index contributed by atoms with van der Waals surface area (Å²) in [7, 11) is 0. The van der Waals surface area contributed by atoms with Gasteiger partial charge in [-0.15, -0.1) is 0 Å². The number of benzene rings is 1. The molecule has 3 N–H and O–H groups in total. The van der Waals surface area contributed by atoms with Crippen LogP contribution in [0.15, 0.2) is 41.3 Å². The largest absolute Gasteiger partial charge is 0.478 e. The Morgan fingerprint density at radius 2 is 1.90 bits per heavy atom. The molecule has 6 nitrogen and oxygen atoms in total. The maximum Gasteiger partial charge on any atom is 0.337 e. The van der Waals surface area contributed by atoms with Gasteiger partial charge in [0.15, 0.2) is 5.43 Å². The highest BCUT2D eigenvalue weighted by atomic mass is 16.4. The van der Waals surface area contributed by atoms with Gasteiger partial charge in [-0.1, -0.05) is 12.1 Å². The number of aromatic carboxylic acids is 1. The van der Waals surface area contributed by atoms with Gasteiger partial charge in [-0.05, 0) is 19.1 Å². The van der Waals surface area contributed by atoms with E-state index in [1.807, 2.05) is 0 Å². The predicted octanol–water partition coefficient (Wildman–Crippen LogP) is 1.63. The van der Waals surface area contributed by atoms with Crippen molar-refractivity contribution in [2.45, 2.75) is 6.92 Å². The van der Waals surface area contributed by atoms with Gasteiger partial charge in [0, 0.05) is 18.0 Å². The van der Waals surface area contributed by atoms with Crippen LogP contribution in [0.1, 0.15) is 26.4 Å². The molecule has 20 heavy (non-hydrogen) atoms. The first-order valence-corrected chi connectivity index (χ1v) is 5.82. The lowest BCUT2D eigenvalue weighted by Gasteiger charge is -2.07. The van der Waals surface area contributed by atoms with Gasteiger partial charge in [0.1, 0.15) is 5.56 Å². The fourth-order valence-corrected chi connectivity index (χ4v) is 1.72. The number of para-hydroxylation sites is 1. The Labute approximate surface area is 114 Å². The van der Waals surface area contributed by atoms with Crippen LogP contribution in [-0.4, -0.2) is 22.0 Å². The minimum absolute atomic E-state index is 0.0376. The Morgan fingerprint density at radius 1 is 1.20 bits per heavy atom. The first-order chi connectivity index (χ1) is 9.49. The molecule has 0 fully saturated rings. The first kappa shape index (κ1) is 13.5. The number of carboxylic acid groups (broad SMARTS) is 1. The minimum atomic E-state index is -1.15. The third-order valence-corrected chi connectivity index (χ3v) is 2.71. The number of pyridine rings is 1. The second-order valence-corrected chi connectivity index (χ2v) is 4.20. The third kappa shape index (κ3) is 2.74. The predicted molar refractivity (Wildman–Crippen MR) is 73.2 cm³/mol. The molecular weight excluding hydrogens is 260 g/mol. The zero-order valence-electron chi connectivity index (χ0n) is 10.6. The Morgan fingerprint density at radius 3 is 2.55 bits per heavy atom. The molecule has 0 radical (unpaired) electrons. The van der Waals surface area contributed by atoms with E-state index in [4.69, 9.17) is 5.11 Å². The Hall–Kier alpha value is -2.89. The van der Waals surface area contributed by atoms with Gasteiger partial charge in [-0.2, -0.15) is 0 Å². The normalized spacial score (nSPS) is 10.1. The fourth-order valence-electron chi connectivity index (χ4n) is 1.72. The molecule has 0 unspecified atom stereocenters. The molecule has 0 saturated heterocycles. The second-order valence-electron chi connectivity index (χ2n) is 4.20. The number of rotatable bonds is 3. The Kier molecular flexibility index (Phi) is 3.65. The number of amides is 1. The van der Waals surface area contributed by atoms with E-state index in [9.17, 15) is 14.4 Å². The smallest absolute Gasteiger partial charge is 0.337 e. The van der Waals surface area contributed by atoms with Gasteiger partial charge in [-0.25, -0.2) is 4.79 Å². The van der Waals surface area contributed by atoms with Crippen LogP contribution in [0.5, 0.6) is 0 Å². The zero-order chi connectivity index (χ0) is 14.7. The van der Waals surface area contributed by atoms with Gasteiger partial charge in [0.25, 0.3) is 5.91 Å². The Bertz CT molecular complexity index is 734. The molecule has 0 aliphatic rings. The van der Waals surface area contributed by atoms with Crippen molar-refractivity contribution in [1.29, 1.82) is 0 Å². The number of aromatic nitrogens is 1. The first-order valence-electron chi connectivity index (χ1n) is 5.82. The summed E-state index contributed by atoms with van der Waals surface area (Å²) in [5.41, 5.74) is 0.245. The number of carbonyl (C=O) groups is 2. The van der Waals surface area contributed by atoms with Crippen molar-refractivity contribution in [3.8, 4) is 0 Å². The lowest BCUT2D eigenvalue weighted by Crippen LogP contribution is -2.22. The molecule has 1 heterocycles. The summed E-state index contributed by atoms with van der Waals surface area (Å²) in [5, 5.41) is 11.4. The standard InChI is InChI=1S/C14H12N2O4/c1-8-6-12(17)10(7-15-8)13(18)16-11-5-3-2-4-9(11)14(19)20/h2-7H,1H3,(H,15,17)(H,16,18)(H,19,20). The lowest BCUT2D eigenvalue weighted by molar-refractivity contribution is 0.0698. The number of nitrogens with one attached hydrogen (secondary N) is 2. The number of aromatic amines is 1. The molecule has 0 spiro atoms. The number of anilines is 1. The van der Waals surface area contributed by atoms with E-state index in [0.717, 1.165) is 0 Å². The fraction of sp³-hybridized carbons (Fsp3) is 0.0714. The highest BCUT2D eigenvalue weighted by Crippen LogP contribution is 2.15. The average molecular weight is 272 g/mol. The van der Waals surface area contributed by atoms with E-state index in [2.05, 4.69) is 10.3 Å². The van der Waals surface area contributed by atoms with Crippen LogP contribution >= 0.6 is 0 Å². The van der Waals surface area contributed by atoms with Gasteiger partial charge < -0.3 is 15.4 Å². The summed E-state index contributed by atoms with van der Waals surface area (Å²) in [4.78, 5) is 37.5. The van der Waals surface area contributed by atoms with E-state index in [-0.39, 0.29) is 16.8 Å². The van der Waals surface area contributed by atoms with Crippen LogP contribution in [0.2, 0.25) is 0 Å². The summed E-state index contributed by atoms with van der Waals surface area (Å²) < 4.78 is 0. The van der Waals surface area contributed by atoms with Crippen molar-refractivity contribution in [2.75, 3.05) is 5.32 Å². The third-order valence-electron chi connectivity index (χ3n) is 2.71. The summed E-state index contributed by atoms with van der Waals surface area (Å²) in [6.45, 7) is 1.70. The van der Waals surface area contributed by atoms with E-state index in [1.165, 1.54) is 24.4 Å². The monoisotopic (exact) mass is 272 g/mol. The average Bonchev–Trinajstić information content (AvgIpc) is 2.38. The second kappa shape index (κ2) is 5.40. The van der Waals surface area contributed by atoms with E-state index in [0.29, 0.717) is 5.69 Å². The quantitative estimate of drug-likeness (QED) is 0.790. The van der Waals surface area contributed by atoms with Crippen LogP contribution in [0, 0.1) is 6.92 Å². The molecule has 0 aliphatic carbocycles. The van der Waals surface area contributed by atoms with Crippen molar-refractivity contribution in [2.24, 2.45) is 0 Å². The molecule has 1 amide bonds.